The summed E-state index contributed by atoms with van der Waals surface area (Å²) in [7, 11) is 1.55. The fourth-order valence-corrected chi connectivity index (χ4v) is 4.40. The van der Waals surface area contributed by atoms with Gasteiger partial charge in [0.05, 0.1) is 0 Å². The number of rotatable bonds is 2. The van der Waals surface area contributed by atoms with E-state index in [1.807, 2.05) is 0 Å². The first kappa shape index (κ1) is 11.5. The van der Waals surface area contributed by atoms with Crippen LogP contribution in [0.5, 0.6) is 0 Å². The van der Waals surface area contributed by atoms with Crippen molar-refractivity contribution in [1.29, 1.82) is 0 Å². The first-order valence-corrected chi connectivity index (χ1v) is 7.13. The van der Waals surface area contributed by atoms with Gasteiger partial charge in [0, 0.05) is 0 Å². The fraction of sp³-hybridized carbons (Fsp3) is 1.00. The van der Waals surface area contributed by atoms with Gasteiger partial charge in [-0.05, 0) is 5.92 Å². The topological polar surface area (TPSA) is 0 Å². The van der Waals surface area contributed by atoms with Gasteiger partial charge in [0.1, 0.15) is 7.28 Å². The zero-order chi connectivity index (χ0) is 10.9. The summed E-state index contributed by atoms with van der Waals surface area (Å²) in [5.41, 5.74) is 0. The molecule has 0 aromatic carbocycles. The SMILES string of the molecule is CCC12BC(C(C)C)(CCCC1)CCC2. The largest absolute Gasteiger partial charge is 0.135 e. The first-order valence-electron chi connectivity index (χ1n) is 7.13. The minimum atomic E-state index is 0.727. The van der Waals surface area contributed by atoms with Gasteiger partial charge in [-0.25, -0.2) is 0 Å². The van der Waals surface area contributed by atoms with Crippen molar-refractivity contribution in [3.05, 3.63) is 0 Å². The van der Waals surface area contributed by atoms with Gasteiger partial charge in [0.15, 0.2) is 0 Å². The molecule has 0 saturated carbocycles. The molecule has 0 N–H and O–H groups in total. The van der Waals surface area contributed by atoms with Gasteiger partial charge in [-0.2, -0.15) is 0 Å². The van der Waals surface area contributed by atoms with E-state index < -0.39 is 0 Å². The van der Waals surface area contributed by atoms with E-state index >= 15 is 0 Å². The quantitative estimate of drug-likeness (QED) is 0.581. The zero-order valence-corrected chi connectivity index (χ0v) is 10.9. The van der Waals surface area contributed by atoms with Crippen LogP contribution in [0.3, 0.4) is 0 Å². The molecule has 0 radical (unpaired) electrons. The minimum absolute atomic E-state index is 0.727. The molecule has 2 fully saturated rings. The summed E-state index contributed by atoms with van der Waals surface area (Å²) in [4.78, 5) is 0. The van der Waals surface area contributed by atoms with E-state index in [1.54, 1.807) is 7.28 Å². The summed E-state index contributed by atoms with van der Waals surface area (Å²) < 4.78 is 0. The van der Waals surface area contributed by atoms with Gasteiger partial charge in [0.25, 0.3) is 0 Å². The highest BCUT2D eigenvalue weighted by atomic mass is 14.4. The molecule has 0 aliphatic carbocycles. The molecule has 2 bridgehead atoms. The molecule has 86 valence electrons. The summed E-state index contributed by atoms with van der Waals surface area (Å²) in [6.07, 6.45) is 12.0. The maximum atomic E-state index is 2.47. The normalized spacial score (nSPS) is 41.1. The Labute approximate surface area is 96.5 Å². The van der Waals surface area contributed by atoms with Crippen LogP contribution in [0.1, 0.15) is 72.1 Å². The molecular formula is C14H27B. The van der Waals surface area contributed by atoms with Crippen molar-refractivity contribution in [1.82, 2.24) is 0 Å². The molecule has 1 heteroatoms. The first-order chi connectivity index (χ1) is 7.13. The van der Waals surface area contributed by atoms with Crippen molar-refractivity contribution in [3.8, 4) is 0 Å². The lowest BCUT2D eigenvalue weighted by atomic mass is 9.30. The molecule has 0 aromatic heterocycles. The smallest absolute Gasteiger partial charge is 0.0655 e. The molecule has 2 rings (SSSR count). The fourth-order valence-electron chi connectivity index (χ4n) is 4.40. The van der Waals surface area contributed by atoms with E-state index in [2.05, 4.69) is 20.8 Å². The number of hydrogen-bond acceptors (Lipinski definition) is 0. The molecule has 2 heterocycles. The van der Waals surface area contributed by atoms with E-state index in [1.165, 1.54) is 51.4 Å². The van der Waals surface area contributed by atoms with E-state index in [0.717, 1.165) is 16.5 Å². The molecule has 15 heavy (non-hydrogen) atoms. The monoisotopic (exact) mass is 206 g/mol. The maximum absolute atomic E-state index is 2.47. The molecule has 0 amide bonds. The average Bonchev–Trinajstić information content (AvgIpc) is 2.37. The molecule has 2 aliphatic heterocycles. The van der Waals surface area contributed by atoms with Gasteiger partial charge in [-0.3, -0.25) is 0 Å². The van der Waals surface area contributed by atoms with Crippen LogP contribution in [0, 0.1) is 5.92 Å². The van der Waals surface area contributed by atoms with Crippen molar-refractivity contribution in [2.45, 2.75) is 82.8 Å². The highest BCUT2D eigenvalue weighted by Gasteiger charge is 2.47. The molecule has 2 saturated heterocycles. The third kappa shape index (κ3) is 1.99. The second kappa shape index (κ2) is 4.15. The Morgan fingerprint density at radius 2 is 1.60 bits per heavy atom. The Hall–Kier alpha value is 0.0649. The third-order valence-electron chi connectivity index (χ3n) is 5.72. The number of fused-ring (bicyclic) bond motifs is 2. The molecule has 0 nitrogen and oxygen atoms in total. The van der Waals surface area contributed by atoms with Gasteiger partial charge in [-0.1, -0.05) is 82.8 Å². The van der Waals surface area contributed by atoms with Crippen molar-refractivity contribution >= 4 is 7.28 Å². The lowest BCUT2D eigenvalue weighted by Crippen LogP contribution is -2.37. The molecule has 0 spiro atoms. The van der Waals surface area contributed by atoms with Crippen LogP contribution in [-0.4, -0.2) is 7.28 Å². The summed E-state index contributed by atoms with van der Waals surface area (Å²) in [5, 5.41) is 1.48. The van der Waals surface area contributed by atoms with Gasteiger partial charge in [0.2, 0.25) is 0 Å². The lowest BCUT2D eigenvalue weighted by molar-refractivity contribution is 0.302. The highest BCUT2D eigenvalue weighted by Crippen LogP contribution is 2.60. The van der Waals surface area contributed by atoms with E-state index in [-0.39, 0.29) is 0 Å². The van der Waals surface area contributed by atoms with Gasteiger partial charge >= 0.3 is 0 Å². The molecule has 2 unspecified atom stereocenters. The van der Waals surface area contributed by atoms with Crippen LogP contribution in [0.4, 0.5) is 0 Å². The minimum Gasteiger partial charge on any atom is -0.0655 e. The Morgan fingerprint density at radius 3 is 2.27 bits per heavy atom. The van der Waals surface area contributed by atoms with E-state index in [4.69, 9.17) is 0 Å². The Morgan fingerprint density at radius 1 is 1.00 bits per heavy atom. The van der Waals surface area contributed by atoms with Crippen LogP contribution in [0.15, 0.2) is 0 Å². The van der Waals surface area contributed by atoms with Crippen LogP contribution in [0.25, 0.3) is 0 Å². The van der Waals surface area contributed by atoms with Crippen LogP contribution in [-0.2, 0) is 0 Å². The molecule has 2 aliphatic rings. The summed E-state index contributed by atoms with van der Waals surface area (Å²) in [6, 6.07) is 0. The molecule has 0 aromatic rings. The molecule has 2 atom stereocenters. The van der Waals surface area contributed by atoms with Crippen molar-refractivity contribution in [2.75, 3.05) is 0 Å². The third-order valence-corrected chi connectivity index (χ3v) is 5.72. The van der Waals surface area contributed by atoms with Crippen molar-refractivity contribution < 1.29 is 0 Å². The second-order valence-corrected chi connectivity index (χ2v) is 6.61. The predicted octanol–water partition coefficient (Wildman–Crippen LogP) is 4.56. The van der Waals surface area contributed by atoms with E-state index in [0.29, 0.717) is 0 Å². The standard InChI is InChI=1S/C14H27B/c1-4-13-8-5-6-10-14(15-13,12(2)3)11-7-9-13/h12,15H,4-11H2,1-3H3. The number of hydrogen-bond donors (Lipinski definition) is 0. The Kier molecular flexibility index (Phi) is 3.19. The van der Waals surface area contributed by atoms with Crippen molar-refractivity contribution in [2.24, 2.45) is 5.92 Å². The van der Waals surface area contributed by atoms with Crippen LogP contribution >= 0.6 is 0 Å². The molecular weight excluding hydrogens is 179 g/mol. The van der Waals surface area contributed by atoms with Crippen LogP contribution in [0.2, 0.25) is 10.6 Å². The zero-order valence-electron chi connectivity index (χ0n) is 10.9. The predicted molar refractivity (Wildman–Crippen MR) is 70.0 cm³/mol. The van der Waals surface area contributed by atoms with E-state index in [9.17, 15) is 0 Å². The average molecular weight is 206 g/mol. The summed E-state index contributed by atoms with van der Waals surface area (Å²) in [5.74, 6) is 0.904. The highest BCUT2D eigenvalue weighted by molar-refractivity contribution is 6.45. The van der Waals surface area contributed by atoms with Crippen LogP contribution < -0.4 is 0 Å². The van der Waals surface area contributed by atoms with Crippen molar-refractivity contribution in [3.63, 3.8) is 0 Å². The van der Waals surface area contributed by atoms with Gasteiger partial charge < -0.3 is 0 Å². The Bertz CT molecular complexity index is 223. The maximum Gasteiger partial charge on any atom is 0.135 e. The Balaban J connectivity index is 2.24. The second-order valence-electron chi connectivity index (χ2n) is 6.61. The summed E-state index contributed by atoms with van der Waals surface area (Å²) >= 11 is 0. The lowest BCUT2D eigenvalue weighted by Gasteiger charge is -2.48. The van der Waals surface area contributed by atoms with Gasteiger partial charge in [-0.15, -0.1) is 0 Å². The summed E-state index contributed by atoms with van der Waals surface area (Å²) in [6.45, 7) is 7.37.